The van der Waals surface area contributed by atoms with Crippen LogP contribution in [-0.2, 0) is 6.42 Å². The molecular formula is C49H34N2O. The van der Waals surface area contributed by atoms with Gasteiger partial charge in [-0.2, -0.15) is 0 Å². The van der Waals surface area contributed by atoms with E-state index in [1.54, 1.807) is 0 Å². The number of aromatic nitrogens is 2. The lowest BCUT2D eigenvalue weighted by molar-refractivity contribution is 0.579. The second kappa shape index (κ2) is 11.2. The van der Waals surface area contributed by atoms with Crippen LogP contribution in [0.5, 0.6) is 0 Å². The van der Waals surface area contributed by atoms with Crippen molar-refractivity contribution in [1.82, 2.24) is 9.13 Å². The van der Waals surface area contributed by atoms with E-state index in [-0.39, 0.29) is 0 Å². The number of hydrogen-bond donors (Lipinski definition) is 0. The third-order valence-corrected chi connectivity index (χ3v) is 11.0. The molecule has 0 aliphatic heterocycles. The van der Waals surface area contributed by atoms with Gasteiger partial charge in [-0.15, -0.1) is 0 Å². The van der Waals surface area contributed by atoms with Gasteiger partial charge in [-0.05, 0) is 95.8 Å². The molecule has 3 aromatic heterocycles. The first-order valence-electron chi connectivity index (χ1n) is 18.2. The number of para-hydroxylation sites is 4. The van der Waals surface area contributed by atoms with E-state index in [1.807, 2.05) is 0 Å². The maximum absolute atomic E-state index is 6.77. The standard InChI is InChI=1S/C49H34N2O/c1-31-26-40(34-12-11-15-36(28-34)51-44-19-8-5-16-37(44)38-17-6-9-20-45(38)51)49-43(27-31)42-30-33(23-25-48(42)52-49)32-22-24-47-41(29-32)39-18-7-10-21-46(39)50(47)35-13-3-2-4-14-35/h2-26,28-31H,27H2,1H3. The van der Waals surface area contributed by atoms with E-state index in [4.69, 9.17) is 4.42 Å². The molecule has 11 rings (SSSR count). The Labute approximate surface area is 301 Å². The summed E-state index contributed by atoms with van der Waals surface area (Å²) in [6.45, 7) is 2.32. The predicted molar refractivity (Wildman–Crippen MR) is 217 cm³/mol. The largest absolute Gasteiger partial charge is 0.456 e. The lowest BCUT2D eigenvalue weighted by Gasteiger charge is -2.19. The molecule has 52 heavy (non-hydrogen) atoms. The van der Waals surface area contributed by atoms with Gasteiger partial charge in [0.25, 0.3) is 0 Å². The molecule has 3 heteroatoms. The van der Waals surface area contributed by atoms with E-state index in [9.17, 15) is 0 Å². The van der Waals surface area contributed by atoms with E-state index in [0.29, 0.717) is 5.92 Å². The highest BCUT2D eigenvalue weighted by Crippen LogP contribution is 2.43. The van der Waals surface area contributed by atoms with Crippen LogP contribution in [0.4, 0.5) is 0 Å². The molecule has 0 spiro atoms. The Hall–Kier alpha value is -6.58. The summed E-state index contributed by atoms with van der Waals surface area (Å²) in [5.74, 6) is 1.37. The highest BCUT2D eigenvalue weighted by atomic mass is 16.3. The topological polar surface area (TPSA) is 23.0 Å². The molecule has 1 aliphatic carbocycles. The minimum Gasteiger partial charge on any atom is -0.456 e. The minimum atomic E-state index is 0.379. The lowest BCUT2D eigenvalue weighted by Crippen LogP contribution is -2.06. The summed E-state index contributed by atoms with van der Waals surface area (Å²) in [6.07, 6.45) is 3.35. The number of allylic oxidation sites excluding steroid dienone is 1. The van der Waals surface area contributed by atoms with Gasteiger partial charge in [0, 0.05) is 49.4 Å². The van der Waals surface area contributed by atoms with Crippen LogP contribution >= 0.6 is 0 Å². The number of fused-ring (bicyclic) bond motifs is 9. The highest BCUT2D eigenvalue weighted by Gasteiger charge is 2.26. The van der Waals surface area contributed by atoms with E-state index >= 15 is 0 Å². The third-order valence-electron chi connectivity index (χ3n) is 11.0. The number of benzene rings is 7. The van der Waals surface area contributed by atoms with Crippen LogP contribution in [0.3, 0.4) is 0 Å². The zero-order valence-electron chi connectivity index (χ0n) is 28.8. The van der Waals surface area contributed by atoms with Crippen molar-refractivity contribution in [2.75, 3.05) is 0 Å². The zero-order chi connectivity index (χ0) is 34.3. The van der Waals surface area contributed by atoms with Gasteiger partial charge < -0.3 is 13.6 Å². The Morgan fingerprint density at radius 2 is 1.02 bits per heavy atom. The van der Waals surface area contributed by atoms with Crippen molar-refractivity contribution >= 4 is 60.2 Å². The van der Waals surface area contributed by atoms with Crippen LogP contribution in [0.1, 0.15) is 23.8 Å². The molecule has 0 radical (unpaired) electrons. The van der Waals surface area contributed by atoms with Gasteiger partial charge >= 0.3 is 0 Å². The summed E-state index contributed by atoms with van der Waals surface area (Å²) in [6, 6.07) is 59.3. The van der Waals surface area contributed by atoms with Crippen molar-refractivity contribution in [3.8, 4) is 22.5 Å². The van der Waals surface area contributed by atoms with E-state index in [0.717, 1.165) is 23.5 Å². The number of rotatable bonds is 4. The normalized spacial score (nSPS) is 14.5. The molecule has 0 saturated carbocycles. The Bertz CT molecular complexity index is 3010. The summed E-state index contributed by atoms with van der Waals surface area (Å²) in [4.78, 5) is 0. The van der Waals surface area contributed by atoms with Crippen molar-refractivity contribution in [3.63, 3.8) is 0 Å². The first-order valence-corrected chi connectivity index (χ1v) is 18.2. The van der Waals surface area contributed by atoms with Gasteiger partial charge in [-0.1, -0.05) is 110 Å². The SMILES string of the molecule is CC1C=C(c2cccc(-n3c4ccccc4c4ccccc43)c2)c2oc3ccc(-c4ccc5c(c4)c4ccccc4n5-c4ccccc4)cc3c2C1. The lowest BCUT2D eigenvalue weighted by atomic mass is 9.85. The van der Waals surface area contributed by atoms with Crippen LogP contribution < -0.4 is 0 Å². The van der Waals surface area contributed by atoms with Crippen LogP contribution in [-0.4, -0.2) is 9.13 Å². The molecular weight excluding hydrogens is 633 g/mol. The Balaban J connectivity index is 1.03. The summed E-state index contributed by atoms with van der Waals surface area (Å²) in [7, 11) is 0. The van der Waals surface area contributed by atoms with Crippen molar-refractivity contribution in [1.29, 1.82) is 0 Å². The molecule has 1 atom stereocenters. The smallest absolute Gasteiger partial charge is 0.138 e. The second-order valence-corrected chi connectivity index (χ2v) is 14.2. The molecule has 1 unspecified atom stereocenters. The minimum absolute atomic E-state index is 0.379. The van der Waals surface area contributed by atoms with Crippen molar-refractivity contribution in [2.45, 2.75) is 13.3 Å². The molecule has 3 heterocycles. The summed E-state index contributed by atoms with van der Waals surface area (Å²) in [5, 5.41) is 6.26. The fourth-order valence-corrected chi connectivity index (χ4v) is 8.74. The summed E-state index contributed by atoms with van der Waals surface area (Å²) in [5.41, 5.74) is 14.2. The van der Waals surface area contributed by atoms with Crippen molar-refractivity contribution < 1.29 is 4.42 Å². The monoisotopic (exact) mass is 666 g/mol. The fourth-order valence-electron chi connectivity index (χ4n) is 8.74. The predicted octanol–water partition coefficient (Wildman–Crippen LogP) is 12.9. The molecule has 3 nitrogen and oxygen atoms in total. The maximum atomic E-state index is 6.77. The highest BCUT2D eigenvalue weighted by molar-refractivity contribution is 6.11. The average Bonchev–Trinajstić information content (AvgIpc) is 3.85. The van der Waals surface area contributed by atoms with Crippen molar-refractivity contribution in [2.24, 2.45) is 5.92 Å². The molecule has 0 amide bonds. The quantitative estimate of drug-likeness (QED) is 0.183. The molecule has 1 aliphatic rings. The molecule has 246 valence electrons. The van der Waals surface area contributed by atoms with Crippen LogP contribution in [0.25, 0.3) is 82.7 Å². The summed E-state index contributed by atoms with van der Waals surface area (Å²) < 4.78 is 11.5. The van der Waals surface area contributed by atoms with E-state index < -0.39 is 0 Å². The van der Waals surface area contributed by atoms with Crippen LogP contribution in [0.2, 0.25) is 0 Å². The molecule has 0 N–H and O–H groups in total. The molecule has 0 bridgehead atoms. The van der Waals surface area contributed by atoms with E-state index in [2.05, 4.69) is 186 Å². The Morgan fingerprint density at radius 3 is 1.73 bits per heavy atom. The number of nitrogens with zero attached hydrogens (tertiary/aromatic N) is 2. The first kappa shape index (κ1) is 29.2. The van der Waals surface area contributed by atoms with Gasteiger partial charge in [0.05, 0.1) is 22.1 Å². The van der Waals surface area contributed by atoms with Gasteiger partial charge in [0.1, 0.15) is 11.3 Å². The van der Waals surface area contributed by atoms with Gasteiger partial charge in [-0.3, -0.25) is 0 Å². The van der Waals surface area contributed by atoms with Gasteiger partial charge in [0.15, 0.2) is 0 Å². The zero-order valence-corrected chi connectivity index (χ0v) is 28.8. The Kier molecular flexibility index (Phi) is 6.29. The van der Waals surface area contributed by atoms with Gasteiger partial charge in [0.2, 0.25) is 0 Å². The molecule has 0 saturated heterocycles. The maximum Gasteiger partial charge on any atom is 0.138 e. The fraction of sp³-hybridized carbons (Fsp3) is 0.0612. The van der Waals surface area contributed by atoms with Crippen LogP contribution in [0, 0.1) is 5.92 Å². The number of hydrogen-bond acceptors (Lipinski definition) is 1. The average molecular weight is 667 g/mol. The Morgan fingerprint density at radius 1 is 0.462 bits per heavy atom. The molecule has 10 aromatic rings. The van der Waals surface area contributed by atoms with E-state index in [1.165, 1.54) is 82.5 Å². The van der Waals surface area contributed by atoms with Crippen molar-refractivity contribution in [3.05, 3.63) is 187 Å². The summed E-state index contributed by atoms with van der Waals surface area (Å²) >= 11 is 0. The first-order chi connectivity index (χ1) is 25.7. The second-order valence-electron chi connectivity index (χ2n) is 14.2. The van der Waals surface area contributed by atoms with Gasteiger partial charge in [-0.25, -0.2) is 0 Å². The van der Waals surface area contributed by atoms with Crippen LogP contribution in [0.15, 0.2) is 174 Å². The molecule has 0 fully saturated rings. The molecule has 7 aromatic carbocycles. The number of furan rings is 1. The third kappa shape index (κ3) is 4.32.